The number of rotatable bonds is 6. The summed E-state index contributed by atoms with van der Waals surface area (Å²) in [7, 11) is 3.72. The minimum absolute atomic E-state index is 0.229. The van der Waals surface area contributed by atoms with Gasteiger partial charge in [0.2, 0.25) is 5.91 Å². The van der Waals surface area contributed by atoms with Crippen molar-refractivity contribution in [2.45, 2.75) is 38.0 Å². The largest absolute Gasteiger partial charge is 0.480 e. The van der Waals surface area contributed by atoms with Gasteiger partial charge in [0.15, 0.2) is 0 Å². The van der Waals surface area contributed by atoms with Gasteiger partial charge < -0.3 is 15.3 Å². The molecule has 23 heavy (non-hydrogen) atoms. The zero-order valence-electron chi connectivity index (χ0n) is 13.3. The molecule has 1 aromatic carbocycles. The predicted octanol–water partition coefficient (Wildman–Crippen LogP) is 0.709. The van der Waals surface area contributed by atoms with Crippen LogP contribution in [-0.4, -0.2) is 48.1 Å². The molecule has 1 aliphatic rings. The zero-order valence-corrected chi connectivity index (χ0v) is 13.3. The van der Waals surface area contributed by atoms with Gasteiger partial charge in [-0.2, -0.15) is 0 Å². The summed E-state index contributed by atoms with van der Waals surface area (Å²) < 4.78 is 13.7. The Balaban J connectivity index is 1.91. The Kier molecular flexibility index (Phi) is 5.68. The summed E-state index contributed by atoms with van der Waals surface area (Å²) in [6.07, 6.45) is 0.940. The number of aliphatic carboxylic acids is 1. The van der Waals surface area contributed by atoms with E-state index in [1.54, 1.807) is 12.1 Å². The third kappa shape index (κ3) is 4.74. The lowest BCUT2D eigenvalue weighted by atomic mass is 10.1. The standard InChI is InChI=1S/C16H22FN3O3/c1-20(2)9-11-7-10(3-4-12(11)17)8-18-15(21)13-5-6-14(19-13)16(22)23/h3-4,7,13-14,19H,5-6,8-9H2,1-2H3,(H,18,21)(H,22,23)/t13-,14+/m1/s1. The van der Waals surface area contributed by atoms with Crippen molar-refractivity contribution in [3.8, 4) is 0 Å². The summed E-state index contributed by atoms with van der Waals surface area (Å²) in [6.45, 7) is 0.771. The molecule has 0 spiro atoms. The van der Waals surface area contributed by atoms with Crippen molar-refractivity contribution in [2.75, 3.05) is 14.1 Å². The van der Waals surface area contributed by atoms with E-state index in [9.17, 15) is 14.0 Å². The molecule has 6 nitrogen and oxygen atoms in total. The molecular weight excluding hydrogens is 301 g/mol. The van der Waals surface area contributed by atoms with Gasteiger partial charge in [-0.3, -0.25) is 14.9 Å². The van der Waals surface area contributed by atoms with E-state index in [4.69, 9.17) is 5.11 Å². The Morgan fingerprint density at radius 2 is 2.04 bits per heavy atom. The molecule has 1 heterocycles. The number of amides is 1. The van der Waals surface area contributed by atoms with Crippen LogP contribution in [0.1, 0.15) is 24.0 Å². The Hall–Kier alpha value is -1.99. The van der Waals surface area contributed by atoms with Crippen LogP contribution in [0.3, 0.4) is 0 Å². The highest BCUT2D eigenvalue weighted by Crippen LogP contribution is 2.14. The van der Waals surface area contributed by atoms with Crippen molar-refractivity contribution >= 4 is 11.9 Å². The lowest BCUT2D eigenvalue weighted by Gasteiger charge is -2.14. The highest BCUT2D eigenvalue weighted by atomic mass is 19.1. The molecule has 0 aromatic heterocycles. The molecule has 0 aliphatic carbocycles. The Morgan fingerprint density at radius 3 is 2.65 bits per heavy atom. The molecule has 1 aromatic rings. The molecule has 126 valence electrons. The Bertz CT molecular complexity index is 592. The molecule has 0 unspecified atom stereocenters. The minimum atomic E-state index is -0.938. The summed E-state index contributed by atoms with van der Waals surface area (Å²) in [6, 6.07) is 3.62. The normalized spacial score (nSPS) is 20.7. The van der Waals surface area contributed by atoms with Gasteiger partial charge in [0.25, 0.3) is 0 Å². The lowest BCUT2D eigenvalue weighted by Crippen LogP contribution is -2.44. The molecule has 1 fully saturated rings. The van der Waals surface area contributed by atoms with Gasteiger partial charge in [-0.05, 0) is 44.6 Å². The van der Waals surface area contributed by atoms with Crippen LogP contribution in [0.25, 0.3) is 0 Å². The van der Waals surface area contributed by atoms with E-state index in [1.165, 1.54) is 6.07 Å². The van der Waals surface area contributed by atoms with Crippen LogP contribution in [0.2, 0.25) is 0 Å². The number of nitrogens with one attached hydrogen (secondary N) is 2. The maximum atomic E-state index is 13.7. The number of benzene rings is 1. The molecule has 1 aliphatic heterocycles. The number of carbonyl (C=O) groups is 2. The van der Waals surface area contributed by atoms with Crippen molar-refractivity contribution < 1.29 is 19.1 Å². The fraction of sp³-hybridized carbons (Fsp3) is 0.500. The van der Waals surface area contributed by atoms with Gasteiger partial charge in [0.1, 0.15) is 11.9 Å². The minimum Gasteiger partial charge on any atom is -0.480 e. The van der Waals surface area contributed by atoms with Crippen LogP contribution in [0, 0.1) is 5.82 Å². The van der Waals surface area contributed by atoms with E-state index in [2.05, 4.69) is 10.6 Å². The Labute approximate surface area is 134 Å². The molecule has 3 N–H and O–H groups in total. The summed E-state index contributed by atoms with van der Waals surface area (Å²) in [5.41, 5.74) is 1.39. The first-order chi connectivity index (χ1) is 10.9. The van der Waals surface area contributed by atoms with Crippen LogP contribution < -0.4 is 10.6 Å². The van der Waals surface area contributed by atoms with E-state index in [0.717, 1.165) is 5.56 Å². The van der Waals surface area contributed by atoms with E-state index >= 15 is 0 Å². The van der Waals surface area contributed by atoms with E-state index < -0.39 is 18.1 Å². The molecular formula is C16H22FN3O3. The van der Waals surface area contributed by atoms with Crippen LogP contribution in [0.5, 0.6) is 0 Å². The average molecular weight is 323 g/mol. The summed E-state index contributed by atoms with van der Waals surface area (Å²) in [4.78, 5) is 24.8. The quantitative estimate of drug-likeness (QED) is 0.718. The molecule has 2 rings (SSSR count). The fourth-order valence-corrected chi connectivity index (χ4v) is 2.66. The first-order valence-electron chi connectivity index (χ1n) is 7.55. The van der Waals surface area contributed by atoms with Crippen LogP contribution >= 0.6 is 0 Å². The highest BCUT2D eigenvalue weighted by Gasteiger charge is 2.32. The summed E-state index contributed by atoms with van der Waals surface area (Å²) in [5.74, 6) is -1.44. The van der Waals surface area contributed by atoms with Gasteiger partial charge in [-0.25, -0.2) is 4.39 Å². The second-order valence-electron chi connectivity index (χ2n) is 6.07. The smallest absolute Gasteiger partial charge is 0.320 e. The fourth-order valence-electron chi connectivity index (χ4n) is 2.66. The van der Waals surface area contributed by atoms with E-state index in [1.807, 2.05) is 19.0 Å². The van der Waals surface area contributed by atoms with E-state index in [-0.39, 0.29) is 18.3 Å². The number of carboxylic acid groups (broad SMARTS) is 1. The summed E-state index contributed by atoms with van der Waals surface area (Å²) >= 11 is 0. The highest BCUT2D eigenvalue weighted by molar-refractivity contribution is 5.84. The number of carboxylic acids is 1. The number of carbonyl (C=O) groups excluding carboxylic acids is 1. The molecule has 7 heteroatoms. The number of halogens is 1. The second kappa shape index (κ2) is 7.52. The van der Waals surface area contributed by atoms with Crippen LogP contribution in [0.4, 0.5) is 4.39 Å². The maximum absolute atomic E-state index is 13.7. The van der Waals surface area contributed by atoms with Gasteiger partial charge >= 0.3 is 5.97 Å². The third-order valence-corrected chi connectivity index (χ3v) is 3.82. The third-order valence-electron chi connectivity index (χ3n) is 3.82. The molecule has 1 saturated heterocycles. The molecule has 2 atom stereocenters. The zero-order chi connectivity index (χ0) is 17.0. The van der Waals surface area contributed by atoms with Crippen LogP contribution in [-0.2, 0) is 22.7 Å². The maximum Gasteiger partial charge on any atom is 0.320 e. The Morgan fingerprint density at radius 1 is 1.35 bits per heavy atom. The molecule has 0 bridgehead atoms. The lowest BCUT2D eigenvalue weighted by molar-refractivity contribution is -0.139. The molecule has 1 amide bonds. The monoisotopic (exact) mass is 323 g/mol. The number of hydrogen-bond donors (Lipinski definition) is 3. The number of nitrogens with zero attached hydrogens (tertiary/aromatic N) is 1. The summed E-state index contributed by atoms with van der Waals surface area (Å²) in [5, 5.41) is 14.5. The van der Waals surface area contributed by atoms with Gasteiger partial charge in [0.05, 0.1) is 6.04 Å². The average Bonchev–Trinajstić information content (AvgIpc) is 2.97. The van der Waals surface area contributed by atoms with Gasteiger partial charge in [0, 0.05) is 18.7 Å². The van der Waals surface area contributed by atoms with Crippen molar-refractivity contribution in [3.63, 3.8) is 0 Å². The van der Waals surface area contributed by atoms with Crippen molar-refractivity contribution in [1.82, 2.24) is 15.5 Å². The van der Waals surface area contributed by atoms with Gasteiger partial charge in [-0.1, -0.05) is 6.07 Å². The molecule has 0 radical (unpaired) electrons. The van der Waals surface area contributed by atoms with Crippen molar-refractivity contribution in [1.29, 1.82) is 0 Å². The second-order valence-corrected chi connectivity index (χ2v) is 6.07. The van der Waals surface area contributed by atoms with Crippen molar-refractivity contribution in [3.05, 3.63) is 35.1 Å². The first-order valence-corrected chi connectivity index (χ1v) is 7.55. The van der Waals surface area contributed by atoms with Crippen molar-refractivity contribution in [2.24, 2.45) is 0 Å². The molecule has 0 saturated carbocycles. The van der Waals surface area contributed by atoms with E-state index in [0.29, 0.717) is 24.9 Å². The predicted molar refractivity (Wildman–Crippen MR) is 83.2 cm³/mol. The topological polar surface area (TPSA) is 81.7 Å². The first kappa shape index (κ1) is 17.4. The van der Waals surface area contributed by atoms with Gasteiger partial charge in [-0.15, -0.1) is 0 Å². The van der Waals surface area contributed by atoms with Crippen LogP contribution in [0.15, 0.2) is 18.2 Å². The SMILES string of the molecule is CN(C)Cc1cc(CNC(=O)[C@H]2CC[C@@H](C(=O)O)N2)ccc1F. The number of hydrogen-bond acceptors (Lipinski definition) is 4.